The minimum Gasteiger partial charge on any atom is -0.374 e. The lowest BCUT2D eigenvalue weighted by molar-refractivity contribution is 0.168. The van der Waals surface area contributed by atoms with Crippen LogP contribution >= 0.6 is 11.9 Å². The third kappa shape index (κ3) is 5.61. The van der Waals surface area contributed by atoms with Crippen molar-refractivity contribution < 1.29 is 5.11 Å². The number of allylic oxidation sites excluding steroid dienone is 3. The Morgan fingerprint density at radius 2 is 2.18 bits per heavy atom. The van der Waals surface area contributed by atoms with Gasteiger partial charge in [0.25, 0.3) is 0 Å². The molecule has 0 bridgehead atoms. The summed E-state index contributed by atoms with van der Waals surface area (Å²) in [5.41, 5.74) is 1.39. The molecule has 0 aromatic rings. The van der Waals surface area contributed by atoms with Gasteiger partial charge in [-0.25, -0.2) is 0 Å². The summed E-state index contributed by atoms with van der Waals surface area (Å²) in [4.78, 5) is 1.18. The molecule has 3 N–H and O–H groups in total. The molecule has 1 saturated carbocycles. The van der Waals surface area contributed by atoms with Crippen molar-refractivity contribution in [1.29, 1.82) is 0 Å². The zero-order chi connectivity index (χ0) is 12.9. The molecule has 0 saturated heterocycles. The Morgan fingerprint density at radius 1 is 1.53 bits per heavy atom. The van der Waals surface area contributed by atoms with Crippen LogP contribution in [0.1, 0.15) is 47.0 Å². The van der Waals surface area contributed by atoms with E-state index in [2.05, 4.69) is 36.0 Å². The third-order valence-corrected chi connectivity index (χ3v) is 3.98. The summed E-state index contributed by atoms with van der Waals surface area (Å²) < 4.78 is 3.48. The fourth-order valence-electron chi connectivity index (χ4n) is 1.33. The van der Waals surface area contributed by atoms with Crippen LogP contribution in [-0.4, -0.2) is 16.9 Å². The molecule has 0 aromatic heterocycles. The Morgan fingerprint density at radius 3 is 2.59 bits per heavy atom. The molecular weight excluding hydrogens is 232 g/mol. The first kappa shape index (κ1) is 14.6. The molecule has 1 fully saturated rings. The molecule has 1 aliphatic carbocycles. The summed E-state index contributed by atoms with van der Waals surface area (Å²) in [6.07, 6.45) is 7.08. The highest BCUT2D eigenvalue weighted by Gasteiger charge is 2.37. The molecule has 17 heavy (non-hydrogen) atoms. The Bertz CT molecular complexity index is 307. The van der Waals surface area contributed by atoms with Gasteiger partial charge in [0.05, 0.1) is 0 Å². The van der Waals surface area contributed by atoms with E-state index in [-0.39, 0.29) is 0 Å². The van der Waals surface area contributed by atoms with E-state index in [9.17, 15) is 5.11 Å². The van der Waals surface area contributed by atoms with Crippen LogP contribution in [0.25, 0.3) is 0 Å². The molecule has 4 heteroatoms. The zero-order valence-corrected chi connectivity index (χ0v) is 12.0. The van der Waals surface area contributed by atoms with Crippen LogP contribution in [0.4, 0.5) is 0 Å². The molecule has 3 nitrogen and oxygen atoms in total. The Hall–Kier alpha value is -0.450. The molecule has 0 amide bonds. The summed E-state index contributed by atoms with van der Waals surface area (Å²) in [5, 5.41) is 12.4. The predicted molar refractivity (Wildman–Crippen MR) is 75.3 cm³/mol. The molecule has 0 aromatic carbocycles. The fourth-order valence-corrected chi connectivity index (χ4v) is 2.22. The Kier molecular flexibility index (Phi) is 5.56. The lowest BCUT2D eigenvalue weighted by atomic mass is 10.3. The van der Waals surface area contributed by atoms with E-state index < -0.39 is 6.23 Å². The highest BCUT2D eigenvalue weighted by atomic mass is 32.2. The highest BCUT2D eigenvalue weighted by molar-refractivity contribution is 8.01. The molecule has 1 unspecified atom stereocenters. The van der Waals surface area contributed by atoms with E-state index in [1.165, 1.54) is 17.7 Å². The van der Waals surface area contributed by atoms with Gasteiger partial charge in [0.1, 0.15) is 6.23 Å². The normalized spacial score (nSPS) is 21.2. The fraction of sp³-hybridized carbons (Fsp3) is 0.692. The first-order valence-corrected chi connectivity index (χ1v) is 7.06. The number of hydrogen-bond acceptors (Lipinski definition) is 4. The summed E-state index contributed by atoms with van der Waals surface area (Å²) in [6, 6.07) is 0. The predicted octanol–water partition coefficient (Wildman–Crippen LogP) is 2.90. The molecule has 98 valence electrons. The maximum atomic E-state index is 9.31. The number of nitrogens with one attached hydrogen (secondary N) is 2. The summed E-state index contributed by atoms with van der Waals surface area (Å²) in [6.45, 7) is 8.08. The highest BCUT2D eigenvalue weighted by Crippen LogP contribution is 2.37. The first-order chi connectivity index (χ1) is 7.99. The van der Waals surface area contributed by atoms with E-state index >= 15 is 0 Å². The van der Waals surface area contributed by atoms with Crippen LogP contribution in [0.15, 0.2) is 22.8 Å². The van der Waals surface area contributed by atoms with E-state index in [0.717, 1.165) is 12.1 Å². The van der Waals surface area contributed by atoms with Crippen LogP contribution in [0.2, 0.25) is 0 Å². The third-order valence-electron chi connectivity index (χ3n) is 2.79. The average molecular weight is 256 g/mol. The van der Waals surface area contributed by atoms with Gasteiger partial charge in [-0.3, -0.25) is 4.72 Å². The van der Waals surface area contributed by atoms with Gasteiger partial charge in [0, 0.05) is 16.1 Å². The van der Waals surface area contributed by atoms with Gasteiger partial charge < -0.3 is 10.4 Å². The van der Waals surface area contributed by atoms with Crippen molar-refractivity contribution in [3.8, 4) is 0 Å². The second kappa shape index (κ2) is 6.47. The smallest absolute Gasteiger partial charge is 0.121 e. The van der Waals surface area contributed by atoms with Crippen molar-refractivity contribution in [3.63, 3.8) is 0 Å². The van der Waals surface area contributed by atoms with Gasteiger partial charge in [-0.15, -0.1) is 0 Å². The standard InChI is InChI=1S/C13H24N2OS/c1-5-11(14-10(3)16)9-12(6-2)17-15-13(4)7-8-13/h6,9-10,14-16H,5,7-8H2,1-4H3/b11-9+,12-6+. The molecule has 1 rings (SSSR count). The Balaban J connectivity index is 2.50. The molecule has 0 radical (unpaired) electrons. The molecular formula is C13H24N2OS. The minimum absolute atomic E-state index is 0.330. The van der Waals surface area contributed by atoms with Crippen molar-refractivity contribution in [3.05, 3.63) is 22.8 Å². The van der Waals surface area contributed by atoms with Gasteiger partial charge >= 0.3 is 0 Å². The van der Waals surface area contributed by atoms with Crippen molar-refractivity contribution in [2.45, 2.75) is 58.7 Å². The molecule has 1 aliphatic rings. The Labute approximate surface area is 109 Å². The van der Waals surface area contributed by atoms with Crippen molar-refractivity contribution in [1.82, 2.24) is 10.0 Å². The number of rotatable bonds is 7. The largest absolute Gasteiger partial charge is 0.374 e. The zero-order valence-electron chi connectivity index (χ0n) is 11.2. The molecule has 1 atom stereocenters. The summed E-state index contributed by atoms with van der Waals surface area (Å²) in [7, 11) is 0. The van der Waals surface area contributed by atoms with Gasteiger partial charge in [0.2, 0.25) is 0 Å². The summed E-state index contributed by atoms with van der Waals surface area (Å²) in [5.74, 6) is 0. The SMILES string of the molecule is C/C=C(\C=C(/CC)NC(C)O)SNC1(C)CC1. The van der Waals surface area contributed by atoms with Crippen molar-refractivity contribution >= 4 is 11.9 Å². The van der Waals surface area contributed by atoms with Gasteiger partial charge in [-0.2, -0.15) is 0 Å². The topological polar surface area (TPSA) is 44.3 Å². The lowest BCUT2D eigenvalue weighted by Gasteiger charge is -2.14. The number of aliphatic hydroxyl groups is 1. The lowest BCUT2D eigenvalue weighted by Crippen LogP contribution is -2.24. The van der Waals surface area contributed by atoms with Gasteiger partial charge in [-0.05, 0) is 58.1 Å². The second-order valence-corrected chi connectivity index (χ2v) is 5.68. The maximum absolute atomic E-state index is 9.31. The maximum Gasteiger partial charge on any atom is 0.121 e. The molecule has 0 aliphatic heterocycles. The van der Waals surface area contributed by atoms with Crippen LogP contribution in [-0.2, 0) is 0 Å². The monoisotopic (exact) mass is 256 g/mol. The van der Waals surface area contributed by atoms with E-state index in [1.807, 2.05) is 6.92 Å². The van der Waals surface area contributed by atoms with E-state index in [4.69, 9.17) is 0 Å². The quantitative estimate of drug-likeness (QED) is 0.372. The van der Waals surface area contributed by atoms with E-state index in [0.29, 0.717) is 5.54 Å². The number of hydrogen-bond donors (Lipinski definition) is 3. The van der Waals surface area contributed by atoms with Crippen LogP contribution in [0, 0.1) is 0 Å². The second-order valence-electron chi connectivity index (χ2n) is 4.80. The summed E-state index contributed by atoms with van der Waals surface area (Å²) >= 11 is 1.67. The van der Waals surface area contributed by atoms with Crippen LogP contribution in [0.3, 0.4) is 0 Å². The van der Waals surface area contributed by atoms with Gasteiger partial charge in [-0.1, -0.05) is 13.0 Å². The van der Waals surface area contributed by atoms with Crippen LogP contribution < -0.4 is 10.0 Å². The first-order valence-electron chi connectivity index (χ1n) is 6.24. The van der Waals surface area contributed by atoms with Crippen molar-refractivity contribution in [2.75, 3.05) is 0 Å². The average Bonchev–Trinajstić information content (AvgIpc) is 3.01. The molecule has 0 spiro atoms. The van der Waals surface area contributed by atoms with Crippen LogP contribution in [0.5, 0.6) is 0 Å². The van der Waals surface area contributed by atoms with Gasteiger partial charge in [0.15, 0.2) is 0 Å². The molecule has 0 heterocycles. The number of aliphatic hydroxyl groups excluding tert-OH is 1. The minimum atomic E-state index is -0.502. The van der Waals surface area contributed by atoms with E-state index in [1.54, 1.807) is 18.9 Å². The van der Waals surface area contributed by atoms with Crippen molar-refractivity contribution in [2.24, 2.45) is 0 Å².